The fourth-order valence-corrected chi connectivity index (χ4v) is 1.88. The van der Waals surface area contributed by atoms with Crippen LogP contribution in [0.25, 0.3) is 0 Å². The van der Waals surface area contributed by atoms with Gasteiger partial charge in [-0.2, -0.15) is 5.10 Å². The fourth-order valence-electron chi connectivity index (χ4n) is 1.88. The minimum atomic E-state index is 0.688. The Hall–Kier alpha value is -1.16. The van der Waals surface area contributed by atoms with Gasteiger partial charge in [-0.3, -0.25) is 0 Å². The number of rotatable bonds is 7. The van der Waals surface area contributed by atoms with Crippen molar-refractivity contribution in [3.05, 3.63) is 17.8 Å². The van der Waals surface area contributed by atoms with E-state index in [-0.39, 0.29) is 0 Å². The fraction of sp³-hybridized carbons (Fsp3) is 0.714. The van der Waals surface area contributed by atoms with Crippen LogP contribution in [-0.2, 0) is 6.54 Å². The highest BCUT2D eigenvalue weighted by molar-refractivity contribution is 5.36. The zero-order valence-corrected chi connectivity index (χ0v) is 11.7. The van der Waals surface area contributed by atoms with Crippen LogP contribution in [0.3, 0.4) is 0 Å². The minimum absolute atomic E-state index is 0.688. The summed E-state index contributed by atoms with van der Waals surface area (Å²) >= 11 is 0. The van der Waals surface area contributed by atoms with Crippen molar-refractivity contribution < 1.29 is 0 Å². The summed E-state index contributed by atoms with van der Waals surface area (Å²) in [4.78, 5) is 2.18. The largest absolute Gasteiger partial charge is 0.358 e. The molecule has 0 aliphatic heterocycles. The van der Waals surface area contributed by atoms with Gasteiger partial charge in [0, 0.05) is 26.2 Å². The van der Waals surface area contributed by atoms with Crippen LogP contribution in [0.1, 0.15) is 38.8 Å². The molecule has 2 rings (SSSR count). The number of anilines is 1. The van der Waals surface area contributed by atoms with Crippen molar-refractivity contribution in [2.75, 3.05) is 18.5 Å². The molecule has 0 bridgehead atoms. The predicted molar refractivity (Wildman–Crippen MR) is 74.6 cm³/mol. The average molecular weight is 248 g/mol. The van der Waals surface area contributed by atoms with Gasteiger partial charge in [-0.15, -0.1) is 5.10 Å². The lowest BCUT2D eigenvalue weighted by Gasteiger charge is -2.21. The van der Waals surface area contributed by atoms with E-state index in [4.69, 9.17) is 0 Å². The van der Waals surface area contributed by atoms with E-state index >= 15 is 0 Å². The summed E-state index contributed by atoms with van der Waals surface area (Å²) in [6.45, 7) is 6.35. The quantitative estimate of drug-likeness (QED) is 0.803. The molecule has 100 valence electrons. The van der Waals surface area contributed by atoms with E-state index in [9.17, 15) is 0 Å². The number of hydrogen-bond donors (Lipinski definition) is 1. The molecule has 1 heterocycles. The Balaban J connectivity index is 1.85. The van der Waals surface area contributed by atoms with Gasteiger partial charge in [0.25, 0.3) is 0 Å². The van der Waals surface area contributed by atoms with Gasteiger partial charge in [0.2, 0.25) is 0 Å². The van der Waals surface area contributed by atoms with Crippen LogP contribution in [-0.4, -0.2) is 29.8 Å². The van der Waals surface area contributed by atoms with Crippen LogP contribution < -0.4 is 10.2 Å². The molecular formula is C14H24N4. The first-order valence-electron chi connectivity index (χ1n) is 6.96. The molecule has 1 aliphatic rings. The minimum Gasteiger partial charge on any atom is -0.358 e. The average Bonchev–Trinajstić information content (AvgIpc) is 3.20. The molecule has 1 saturated carbocycles. The Morgan fingerprint density at radius 3 is 2.72 bits per heavy atom. The van der Waals surface area contributed by atoms with Crippen molar-refractivity contribution in [3.8, 4) is 0 Å². The maximum atomic E-state index is 4.30. The Bertz CT molecular complexity index is 359. The first-order valence-corrected chi connectivity index (χ1v) is 6.96. The lowest BCUT2D eigenvalue weighted by Crippen LogP contribution is -2.25. The van der Waals surface area contributed by atoms with Gasteiger partial charge in [-0.1, -0.05) is 20.3 Å². The van der Waals surface area contributed by atoms with Gasteiger partial charge >= 0.3 is 0 Å². The lowest BCUT2D eigenvalue weighted by molar-refractivity contribution is 0.556. The van der Waals surface area contributed by atoms with Crippen molar-refractivity contribution in [1.82, 2.24) is 15.5 Å². The van der Waals surface area contributed by atoms with Crippen molar-refractivity contribution in [1.29, 1.82) is 0 Å². The van der Waals surface area contributed by atoms with Gasteiger partial charge in [0.15, 0.2) is 5.82 Å². The number of hydrogen-bond acceptors (Lipinski definition) is 4. The van der Waals surface area contributed by atoms with Gasteiger partial charge in [0.05, 0.1) is 5.69 Å². The molecule has 18 heavy (non-hydrogen) atoms. The molecule has 0 saturated heterocycles. The third-order valence-electron chi connectivity index (χ3n) is 3.53. The third-order valence-corrected chi connectivity index (χ3v) is 3.53. The van der Waals surface area contributed by atoms with E-state index in [1.807, 2.05) is 0 Å². The molecule has 4 nitrogen and oxygen atoms in total. The smallest absolute Gasteiger partial charge is 0.150 e. The molecule has 0 aromatic carbocycles. The standard InChI is InChI=1S/C14H24N4/c1-4-11(2)10-18(3)14-8-7-13(16-17-14)9-15-12-5-6-12/h7-8,11-12,15H,4-6,9-10H2,1-3H3. The normalized spacial score (nSPS) is 16.6. The number of nitrogens with one attached hydrogen (secondary N) is 1. The van der Waals surface area contributed by atoms with Gasteiger partial charge in [-0.05, 0) is 30.9 Å². The van der Waals surface area contributed by atoms with E-state index in [1.54, 1.807) is 0 Å². The van der Waals surface area contributed by atoms with Crippen molar-refractivity contribution in [2.45, 2.75) is 45.7 Å². The molecule has 4 heteroatoms. The third kappa shape index (κ3) is 3.95. The van der Waals surface area contributed by atoms with Crippen molar-refractivity contribution >= 4 is 5.82 Å². The van der Waals surface area contributed by atoms with Gasteiger partial charge in [0.1, 0.15) is 0 Å². The summed E-state index contributed by atoms with van der Waals surface area (Å²) in [6.07, 6.45) is 3.81. The summed E-state index contributed by atoms with van der Waals surface area (Å²) in [5.41, 5.74) is 1.03. The molecule has 1 N–H and O–H groups in total. The van der Waals surface area contributed by atoms with Crippen LogP contribution in [0, 0.1) is 5.92 Å². The highest BCUT2D eigenvalue weighted by Gasteiger charge is 2.20. The van der Waals surface area contributed by atoms with Crippen molar-refractivity contribution in [2.24, 2.45) is 5.92 Å². The van der Waals surface area contributed by atoms with E-state index in [1.165, 1.54) is 19.3 Å². The molecule has 0 amide bonds. The maximum absolute atomic E-state index is 4.30. The maximum Gasteiger partial charge on any atom is 0.150 e. The molecule has 1 unspecified atom stereocenters. The van der Waals surface area contributed by atoms with E-state index in [0.29, 0.717) is 5.92 Å². The Kier molecular flexibility index (Phi) is 4.53. The molecule has 1 aromatic rings. The molecule has 0 spiro atoms. The highest BCUT2D eigenvalue weighted by atomic mass is 15.2. The van der Waals surface area contributed by atoms with E-state index in [0.717, 1.165) is 30.6 Å². The lowest BCUT2D eigenvalue weighted by atomic mass is 10.1. The van der Waals surface area contributed by atoms with Crippen LogP contribution in [0.4, 0.5) is 5.82 Å². The summed E-state index contributed by atoms with van der Waals surface area (Å²) < 4.78 is 0. The topological polar surface area (TPSA) is 41.0 Å². The summed E-state index contributed by atoms with van der Waals surface area (Å²) in [7, 11) is 2.08. The first-order chi connectivity index (χ1) is 8.69. The van der Waals surface area contributed by atoms with Crippen LogP contribution >= 0.6 is 0 Å². The van der Waals surface area contributed by atoms with Crippen molar-refractivity contribution in [3.63, 3.8) is 0 Å². The second-order valence-corrected chi connectivity index (χ2v) is 5.43. The summed E-state index contributed by atoms with van der Waals surface area (Å²) in [5, 5.41) is 12.0. The second-order valence-electron chi connectivity index (χ2n) is 5.43. The second kappa shape index (κ2) is 6.14. The number of aromatic nitrogens is 2. The molecule has 0 radical (unpaired) electrons. The molecular weight excluding hydrogens is 224 g/mol. The van der Waals surface area contributed by atoms with Crippen LogP contribution in [0.2, 0.25) is 0 Å². The number of nitrogens with zero attached hydrogens (tertiary/aromatic N) is 3. The predicted octanol–water partition coefficient (Wildman–Crippen LogP) is 2.21. The zero-order valence-electron chi connectivity index (χ0n) is 11.7. The molecule has 1 aromatic heterocycles. The zero-order chi connectivity index (χ0) is 13.0. The van der Waals surface area contributed by atoms with E-state index < -0.39 is 0 Å². The Morgan fingerprint density at radius 1 is 1.39 bits per heavy atom. The SMILES string of the molecule is CCC(C)CN(C)c1ccc(CNC2CC2)nn1. The van der Waals surface area contributed by atoms with Gasteiger partial charge < -0.3 is 10.2 Å². The Morgan fingerprint density at radius 2 is 2.17 bits per heavy atom. The molecule has 1 fully saturated rings. The monoisotopic (exact) mass is 248 g/mol. The van der Waals surface area contributed by atoms with Gasteiger partial charge in [-0.25, -0.2) is 0 Å². The van der Waals surface area contributed by atoms with Crippen LogP contribution in [0.5, 0.6) is 0 Å². The molecule has 1 atom stereocenters. The molecule has 1 aliphatic carbocycles. The summed E-state index contributed by atoms with van der Waals surface area (Å²) in [6, 6.07) is 4.86. The first kappa shape index (κ1) is 13.3. The summed E-state index contributed by atoms with van der Waals surface area (Å²) in [5.74, 6) is 1.65. The highest BCUT2D eigenvalue weighted by Crippen LogP contribution is 2.19. The van der Waals surface area contributed by atoms with Crippen LogP contribution in [0.15, 0.2) is 12.1 Å². The van der Waals surface area contributed by atoms with E-state index in [2.05, 4.69) is 53.4 Å². The Labute approximate surface area is 110 Å².